The van der Waals surface area contributed by atoms with Crippen molar-refractivity contribution in [2.75, 3.05) is 6.61 Å². The van der Waals surface area contributed by atoms with E-state index in [1.165, 1.54) is 0 Å². The van der Waals surface area contributed by atoms with Crippen molar-refractivity contribution in [3.05, 3.63) is 41.6 Å². The summed E-state index contributed by atoms with van der Waals surface area (Å²) >= 11 is 0. The van der Waals surface area contributed by atoms with Crippen molar-refractivity contribution in [1.82, 2.24) is 10.3 Å². The van der Waals surface area contributed by atoms with Crippen LogP contribution in [0.25, 0.3) is 10.9 Å². The highest BCUT2D eigenvalue weighted by molar-refractivity contribution is 6.07. The molecular formula is C19H24N2O4. The van der Waals surface area contributed by atoms with Crippen LogP contribution in [-0.2, 0) is 9.53 Å². The Labute approximate surface area is 147 Å². The summed E-state index contributed by atoms with van der Waals surface area (Å²) in [5.41, 5.74) is 1.47. The van der Waals surface area contributed by atoms with E-state index in [1.807, 2.05) is 39.0 Å². The molecule has 6 heteroatoms. The van der Waals surface area contributed by atoms with Gasteiger partial charge >= 0.3 is 5.97 Å². The van der Waals surface area contributed by atoms with Crippen LogP contribution in [0, 0.1) is 6.92 Å². The van der Waals surface area contributed by atoms with Crippen molar-refractivity contribution < 1.29 is 19.4 Å². The van der Waals surface area contributed by atoms with Gasteiger partial charge in [-0.25, -0.2) is 4.79 Å². The Morgan fingerprint density at radius 2 is 1.96 bits per heavy atom. The molecule has 1 heterocycles. The van der Waals surface area contributed by atoms with E-state index < -0.39 is 17.9 Å². The number of hydrogen-bond acceptors (Lipinski definition) is 4. The molecule has 6 nitrogen and oxygen atoms in total. The number of benzene rings is 1. The first-order chi connectivity index (χ1) is 11.7. The van der Waals surface area contributed by atoms with Crippen molar-refractivity contribution in [1.29, 1.82) is 0 Å². The molecule has 1 atom stereocenters. The summed E-state index contributed by atoms with van der Waals surface area (Å²) < 4.78 is 5.56. The van der Waals surface area contributed by atoms with Crippen LogP contribution in [-0.4, -0.2) is 40.2 Å². The lowest BCUT2D eigenvalue weighted by Crippen LogP contribution is -2.42. The van der Waals surface area contributed by atoms with Gasteiger partial charge in [0.1, 0.15) is 6.04 Å². The fourth-order valence-corrected chi connectivity index (χ4v) is 2.47. The number of aromatic nitrogens is 1. The molecule has 2 N–H and O–H groups in total. The van der Waals surface area contributed by atoms with E-state index >= 15 is 0 Å². The van der Waals surface area contributed by atoms with E-state index in [1.54, 1.807) is 19.1 Å². The summed E-state index contributed by atoms with van der Waals surface area (Å²) in [7, 11) is 0. The number of para-hydroxylation sites is 1. The van der Waals surface area contributed by atoms with Gasteiger partial charge in [-0.3, -0.25) is 9.78 Å². The predicted octanol–water partition coefficient (Wildman–Crippen LogP) is 2.93. The average Bonchev–Trinajstić information content (AvgIpc) is 2.51. The number of carbonyl (C=O) groups excluding carboxylic acids is 1. The molecular weight excluding hydrogens is 320 g/mol. The van der Waals surface area contributed by atoms with Gasteiger partial charge in [0.25, 0.3) is 5.91 Å². The van der Waals surface area contributed by atoms with Crippen molar-refractivity contribution in [3.8, 4) is 0 Å². The zero-order chi connectivity index (χ0) is 18.6. The number of aliphatic carboxylic acids is 1. The third-order valence-electron chi connectivity index (χ3n) is 3.63. The number of carboxylic acid groups (broad SMARTS) is 1. The molecule has 0 saturated heterocycles. The second kappa shape index (κ2) is 7.61. The molecule has 0 radical (unpaired) electrons. The number of amides is 1. The fourth-order valence-electron chi connectivity index (χ4n) is 2.47. The quantitative estimate of drug-likeness (QED) is 0.841. The van der Waals surface area contributed by atoms with Crippen LogP contribution >= 0.6 is 0 Å². The van der Waals surface area contributed by atoms with Gasteiger partial charge in [0.05, 0.1) is 16.7 Å². The summed E-state index contributed by atoms with van der Waals surface area (Å²) in [6.45, 7) is 7.74. The monoisotopic (exact) mass is 344 g/mol. The molecule has 0 aliphatic heterocycles. The fraction of sp³-hybridized carbons (Fsp3) is 0.421. The molecule has 0 fully saturated rings. The Kier molecular flexibility index (Phi) is 5.74. The third-order valence-corrected chi connectivity index (χ3v) is 3.63. The number of nitrogens with one attached hydrogen (secondary N) is 1. The maximum atomic E-state index is 12.6. The number of ether oxygens (including phenoxy) is 1. The number of fused-ring (bicyclic) bond motifs is 1. The molecule has 1 amide bonds. The first-order valence-corrected chi connectivity index (χ1v) is 8.21. The number of rotatable bonds is 6. The smallest absolute Gasteiger partial charge is 0.326 e. The van der Waals surface area contributed by atoms with Crippen LogP contribution in [0.5, 0.6) is 0 Å². The summed E-state index contributed by atoms with van der Waals surface area (Å²) in [4.78, 5) is 28.5. The van der Waals surface area contributed by atoms with Crippen molar-refractivity contribution in [3.63, 3.8) is 0 Å². The van der Waals surface area contributed by atoms with Gasteiger partial charge < -0.3 is 15.2 Å². The summed E-state index contributed by atoms with van der Waals surface area (Å²) in [6.07, 6.45) is 0.195. The van der Waals surface area contributed by atoms with Crippen LogP contribution in [0.3, 0.4) is 0 Å². The molecule has 1 aromatic carbocycles. The van der Waals surface area contributed by atoms with E-state index in [2.05, 4.69) is 10.3 Å². The first kappa shape index (κ1) is 18.9. The Hall–Kier alpha value is -2.47. The first-order valence-electron chi connectivity index (χ1n) is 8.21. The SMILES string of the molecule is Cc1cc(C(=O)NC(CCOC(C)(C)C)C(=O)O)c2ccccc2n1. The number of carboxylic acids is 1. The lowest BCUT2D eigenvalue weighted by atomic mass is 10.1. The molecule has 1 unspecified atom stereocenters. The molecule has 0 spiro atoms. The van der Waals surface area contributed by atoms with Gasteiger partial charge in [-0.05, 0) is 39.8 Å². The molecule has 0 bridgehead atoms. The number of nitrogens with zero attached hydrogens (tertiary/aromatic N) is 1. The minimum Gasteiger partial charge on any atom is -0.480 e. The number of carbonyl (C=O) groups is 2. The Bertz CT molecular complexity index is 781. The Morgan fingerprint density at radius 3 is 2.60 bits per heavy atom. The van der Waals surface area contributed by atoms with Crippen molar-refractivity contribution in [2.24, 2.45) is 0 Å². The topological polar surface area (TPSA) is 88.5 Å². The molecule has 0 aliphatic carbocycles. The largest absolute Gasteiger partial charge is 0.480 e. The standard InChI is InChI=1S/C19H24N2O4/c1-12-11-14(13-7-5-6-8-15(13)20-12)17(22)21-16(18(23)24)9-10-25-19(2,3)4/h5-8,11,16H,9-10H2,1-4H3,(H,21,22)(H,23,24). The molecule has 2 aromatic rings. The van der Waals surface area contributed by atoms with E-state index in [4.69, 9.17) is 4.74 Å². The number of pyridine rings is 1. The van der Waals surface area contributed by atoms with Crippen LogP contribution in [0.4, 0.5) is 0 Å². The molecule has 0 aliphatic rings. The zero-order valence-electron chi connectivity index (χ0n) is 15.0. The van der Waals surface area contributed by atoms with Crippen LogP contribution in [0.15, 0.2) is 30.3 Å². The molecule has 134 valence electrons. The number of hydrogen-bond donors (Lipinski definition) is 2. The van der Waals surface area contributed by atoms with Gasteiger partial charge in [-0.2, -0.15) is 0 Å². The van der Waals surface area contributed by atoms with Gasteiger partial charge in [-0.1, -0.05) is 18.2 Å². The van der Waals surface area contributed by atoms with E-state index in [9.17, 15) is 14.7 Å². The lowest BCUT2D eigenvalue weighted by Gasteiger charge is -2.21. The van der Waals surface area contributed by atoms with Crippen LogP contribution in [0.1, 0.15) is 43.2 Å². The second-order valence-corrected chi connectivity index (χ2v) is 6.94. The van der Waals surface area contributed by atoms with Gasteiger partial charge in [0.2, 0.25) is 0 Å². The van der Waals surface area contributed by atoms with Gasteiger partial charge in [0.15, 0.2) is 0 Å². The van der Waals surface area contributed by atoms with Crippen LogP contribution in [0.2, 0.25) is 0 Å². The Balaban J connectivity index is 2.17. The van der Waals surface area contributed by atoms with Gasteiger partial charge in [0, 0.05) is 24.1 Å². The lowest BCUT2D eigenvalue weighted by molar-refractivity contribution is -0.140. The predicted molar refractivity (Wildman–Crippen MR) is 95.7 cm³/mol. The molecule has 1 aromatic heterocycles. The minimum atomic E-state index is -1.08. The summed E-state index contributed by atoms with van der Waals surface area (Å²) in [5, 5.41) is 12.7. The highest BCUT2D eigenvalue weighted by atomic mass is 16.5. The van der Waals surface area contributed by atoms with Crippen molar-refractivity contribution >= 4 is 22.8 Å². The zero-order valence-corrected chi connectivity index (χ0v) is 15.0. The Morgan fingerprint density at radius 1 is 1.28 bits per heavy atom. The molecule has 25 heavy (non-hydrogen) atoms. The second-order valence-electron chi connectivity index (χ2n) is 6.94. The maximum absolute atomic E-state index is 12.6. The normalized spacial score (nSPS) is 12.8. The van der Waals surface area contributed by atoms with Gasteiger partial charge in [-0.15, -0.1) is 0 Å². The van der Waals surface area contributed by atoms with E-state index in [0.29, 0.717) is 22.2 Å². The maximum Gasteiger partial charge on any atom is 0.326 e. The summed E-state index contributed by atoms with van der Waals surface area (Å²) in [5.74, 6) is -1.51. The molecule has 2 rings (SSSR count). The van der Waals surface area contributed by atoms with E-state index in [0.717, 1.165) is 0 Å². The van der Waals surface area contributed by atoms with Crippen molar-refractivity contribution in [2.45, 2.75) is 45.8 Å². The summed E-state index contributed by atoms with van der Waals surface area (Å²) in [6, 6.07) is 7.95. The number of aryl methyl sites for hydroxylation is 1. The van der Waals surface area contributed by atoms with Crippen LogP contribution < -0.4 is 5.32 Å². The highest BCUT2D eigenvalue weighted by Crippen LogP contribution is 2.18. The molecule has 0 saturated carbocycles. The third kappa shape index (κ3) is 5.26. The van der Waals surface area contributed by atoms with E-state index in [-0.39, 0.29) is 18.6 Å². The average molecular weight is 344 g/mol. The highest BCUT2D eigenvalue weighted by Gasteiger charge is 2.23. The minimum absolute atomic E-state index is 0.195.